The van der Waals surface area contributed by atoms with Crippen molar-refractivity contribution in [2.75, 3.05) is 45.8 Å². The van der Waals surface area contributed by atoms with Crippen LogP contribution in [0.2, 0.25) is 0 Å². The number of hydrogen-bond donors (Lipinski definition) is 0. The highest BCUT2D eigenvalue weighted by atomic mass is 32.2. The maximum Gasteiger partial charge on any atom is 0.243 e. The van der Waals surface area contributed by atoms with Crippen molar-refractivity contribution in [1.82, 2.24) is 14.1 Å². The van der Waals surface area contributed by atoms with E-state index in [9.17, 15) is 22.0 Å². The van der Waals surface area contributed by atoms with Crippen molar-refractivity contribution in [3.63, 3.8) is 0 Å². The quantitative estimate of drug-likeness (QED) is 0.768. The summed E-state index contributed by atoms with van der Waals surface area (Å²) in [6, 6.07) is 2.56. The van der Waals surface area contributed by atoms with E-state index in [1.54, 1.807) is 4.90 Å². The van der Waals surface area contributed by atoms with E-state index in [1.807, 2.05) is 0 Å². The van der Waals surface area contributed by atoms with Crippen molar-refractivity contribution in [2.24, 2.45) is 5.92 Å². The van der Waals surface area contributed by atoms with Crippen LogP contribution in [-0.2, 0) is 14.8 Å². The number of piperazine rings is 1. The molecule has 2 saturated heterocycles. The van der Waals surface area contributed by atoms with E-state index in [2.05, 4.69) is 11.8 Å². The fourth-order valence-electron chi connectivity index (χ4n) is 3.48. The molecule has 2 heterocycles. The highest BCUT2D eigenvalue weighted by molar-refractivity contribution is 7.89. The van der Waals surface area contributed by atoms with Gasteiger partial charge in [0.25, 0.3) is 0 Å². The molecule has 3 rings (SSSR count). The van der Waals surface area contributed by atoms with Crippen LogP contribution >= 0.6 is 0 Å². The number of sulfonamides is 1. The Balaban J connectivity index is 1.56. The molecule has 0 aliphatic carbocycles. The molecule has 9 heteroatoms. The van der Waals surface area contributed by atoms with E-state index in [1.165, 1.54) is 4.31 Å². The summed E-state index contributed by atoms with van der Waals surface area (Å²) in [7, 11) is -3.91. The highest BCUT2D eigenvalue weighted by Gasteiger charge is 2.31. The molecule has 0 atom stereocenters. The summed E-state index contributed by atoms with van der Waals surface area (Å²) in [6.45, 7) is 5.29. The average molecular weight is 401 g/mol. The first-order chi connectivity index (χ1) is 12.8. The van der Waals surface area contributed by atoms with Crippen LogP contribution in [0, 0.1) is 17.6 Å². The van der Waals surface area contributed by atoms with Gasteiger partial charge < -0.3 is 4.90 Å². The van der Waals surface area contributed by atoms with Crippen LogP contribution in [0.5, 0.6) is 0 Å². The van der Waals surface area contributed by atoms with E-state index in [0.29, 0.717) is 31.6 Å². The van der Waals surface area contributed by atoms with Crippen LogP contribution < -0.4 is 0 Å². The average Bonchev–Trinajstić information content (AvgIpc) is 2.66. The Morgan fingerprint density at radius 1 is 1.04 bits per heavy atom. The van der Waals surface area contributed by atoms with Gasteiger partial charge in [0, 0.05) is 26.2 Å². The normalized spacial score (nSPS) is 20.8. The minimum Gasteiger partial charge on any atom is -0.339 e. The third kappa shape index (κ3) is 4.64. The Bertz CT molecular complexity index is 787. The number of carbonyl (C=O) groups is 1. The lowest BCUT2D eigenvalue weighted by molar-refractivity contribution is -0.133. The molecule has 1 amide bonds. The van der Waals surface area contributed by atoms with Crippen LogP contribution in [0.25, 0.3) is 0 Å². The molecule has 0 bridgehead atoms. The van der Waals surface area contributed by atoms with Crippen LogP contribution in [0.1, 0.15) is 19.8 Å². The van der Waals surface area contributed by atoms with Crippen LogP contribution in [-0.4, -0.2) is 74.2 Å². The Morgan fingerprint density at radius 2 is 1.67 bits per heavy atom. The maximum atomic E-state index is 13.4. The van der Waals surface area contributed by atoms with E-state index in [0.717, 1.165) is 38.1 Å². The van der Waals surface area contributed by atoms with Crippen LogP contribution in [0.4, 0.5) is 8.78 Å². The van der Waals surface area contributed by atoms with Crippen molar-refractivity contribution in [3.8, 4) is 0 Å². The van der Waals surface area contributed by atoms with E-state index in [-0.39, 0.29) is 23.9 Å². The predicted molar refractivity (Wildman–Crippen MR) is 96.5 cm³/mol. The van der Waals surface area contributed by atoms with Crippen LogP contribution in [0.15, 0.2) is 23.1 Å². The summed E-state index contributed by atoms with van der Waals surface area (Å²) in [5, 5.41) is 0. The molecule has 0 radical (unpaired) electrons. The molecular formula is C18H25F2N3O3S. The monoisotopic (exact) mass is 401 g/mol. The molecule has 150 valence electrons. The van der Waals surface area contributed by atoms with Gasteiger partial charge in [-0.15, -0.1) is 0 Å². The second-order valence-corrected chi connectivity index (χ2v) is 9.26. The number of piperidine rings is 1. The number of rotatable bonds is 4. The molecule has 0 spiro atoms. The summed E-state index contributed by atoms with van der Waals surface area (Å²) in [4.78, 5) is 16.0. The van der Waals surface area contributed by atoms with Gasteiger partial charge in [-0.3, -0.25) is 9.69 Å². The van der Waals surface area contributed by atoms with Gasteiger partial charge in [0.15, 0.2) is 11.6 Å². The third-order valence-corrected chi connectivity index (χ3v) is 7.25. The smallest absolute Gasteiger partial charge is 0.243 e. The summed E-state index contributed by atoms with van der Waals surface area (Å²) >= 11 is 0. The molecule has 1 aromatic carbocycles. The summed E-state index contributed by atoms with van der Waals surface area (Å²) in [5.41, 5.74) is 0. The second kappa shape index (κ2) is 8.20. The van der Waals surface area contributed by atoms with Crippen LogP contribution in [0.3, 0.4) is 0 Å². The first kappa shape index (κ1) is 20.2. The number of nitrogens with zero attached hydrogens (tertiary/aromatic N) is 3. The largest absolute Gasteiger partial charge is 0.339 e. The Kier molecular flexibility index (Phi) is 6.12. The molecule has 2 fully saturated rings. The maximum absolute atomic E-state index is 13.4. The van der Waals surface area contributed by atoms with Gasteiger partial charge in [0.2, 0.25) is 15.9 Å². The first-order valence-electron chi connectivity index (χ1n) is 9.22. The highest BCUT2D eigenvalue weighted by Crippen LogP contribution is 2.20. The third-order valence-electron chi connectivity index (χ3n) is 5.36. The standard InChI is InChI=1S/C18H25F2N3O3S/c1-14-4-6-21(7-5-14)13-18(24)22-8-10-23(11-9-22)27(25,26)15-2-3-16(19)17(20)12-15/h2-3,12,14H,4-11,13H2,1H3. The Hall–Kier alpha value is -1.58. The number of hydrogen-bond acceptors (Lipinski definition) is 4. The number of amides is 1. The summed E-state index contributed by atoms with van der Waals surface area (Å²) in [6.07, 6.45) is 2.18. The van der Waals surface area contributed by atoms with Gasteiger partial charge in [-0.2, -0.15) is 4.31 Å². The molecule has 0 N–H and O–H groups in total. The molecule has 0 unspecified atom stereocenters. The molecule has 0 aromatic heterocycles. The second-order valence-electron chi connectivity index (χ2n) is 7.32. The van der Waals surface area contributed by atoms with Gasteiger partial charge in [0.1, 0.15) is 0 Å². The number of halogens is 2. The van der Waals surface area contributed by atoms with Crippen molar-refractivity contribution < 1.29 is 22.0 Å². The van der Waals surface area contributed by atoms with E-state index >= 15 is 0 Å². The Morgan fingerprint density at radius 3 is 2.26 bits per heavy atom. The van der Waals surface area contributed by atoms with Gasteiger partial charge in [-0.05, 0) is 50.0 Å². The molecule has 2 aliphatic rings. The molecule has 2 aliphatic heterocycles. The number of carbonyl (C=O) groups excluding carboxylic acids is 1. The zero-order chi connectivity index (χ0) is 19.6. The molecule has 6 nitrogen and oxygen atoms in total. The SMILES string of the molecule is CC1CCN(CC(=O)N2CCN(S(=O)(=O)c3ccc(F)c(F)c3)CC2)CC1. The predicted octanol–water partition coefficient (Wildman–Crippen LogP) is 1.53. The van der Waals surface area contributed by atoms with Crippen molar-refractivity contribution in [1.29, 1.82) is 0 Å². The minimum atomic E-state index is -3.91. The number of likely N-dealkylation sites (tertiary alicyclic amines) is 1. The lowest BCUT2D eigenvalue weighted by atomic mass is 9.99. The molecular weight excluding hydrogens is 376 g/mol. The van der Waals surface area contributed by atoms with Crippen molar-refractivity contribution in [3.05, 3.63) is 29.8 Å². The fourth-order valence-corrected chi connectivity index (χ4v) is 4.91. The van der Waals surface area contributed by atoms with E-state index in [4.69, 9.17) is 0 Å². The van der Waals surface area contributed by atoms with Gasteiger partial charge in [-0.25, -0.2) is 17.2 Å². The van der Waals surface area contributed by atoms with Gasteiger partial charge in [-0.1, -0.05) is 6.92 Å². The summed E-state index contributed by atoms with van der Waals surface area (Å²) < 4.78 is 52.8. The van der Waals surface area contributed by atoms with Crippen molar-refractivity contribution >= 4 is 15.9 Å². The lowest BCUT2D eigenvalue weighted by Gasteiger charge is -2.36. The lowest BCUT2D eigenvalue weighted by Crippen LogP contribution is -2.53. The zero-order valence-electron chi connectivity index (χ0n) is 15.4. The first-order valence-corrected chi connectivity index (χ1v) is 10.7. The topological polar surface area (TPSA) is 60.9 Å². The minimum absolute atomic E-state index is 0.00873. The zero-order valence-corrected chi connectivity index (χ0v) is 16.2. The fraction of sp³-hybridized carbons (Fsp3) is 0.611. The molecule has 27 heavy (non-hydrogen) atoms. The Labute approximate surface area is 158 Å². The number of benzene rings is 1. The van der Waals surface area contributed by atoms with Gasteiger partial charge >= 0.3 is 0 Å². The van der Waals surface area contributed by atoms with Crippen molar-refractivity contribution in [2.45, 2.75) is 24.7 Å². The molecule has 1 aromatic rings. The summed E-state index contributed by atoms with van der Waals surface area (Å²) in [5.74, 6) is -1.58. The molecule has 0 saturated carbocycles. The van der Waals surface area contributed by atoms with E-state index < -0.39 is 21.7 Å². The van der Waals surface area contributed by atoms with Gasteiger partial charge in [0.05, 0.1) is 11.4 Å².